The second-order valence-corrected chi connectivity index (χ2v) is 5.94. The average molecular weight is 249 g/mol. The Hall–Kier alpha value is -1.00. The summed E-state index contributed by atoms with van der Waals surface area (Å²) in [6.45, 7) is 8.96. The first-order chi connectivity index (χ1) is 8.54. The average Bonchev–Trinajstić information content (AvgIpc) is 2.37. The molecule has 0 aromatic carbocycles. The SMILES string of the molecule is CC(C)(C)NCc1cnc(C2CCOCC2)nc1. The van der Waals surface area contributed by atoms with Gasteiger partial charge < -0.3 is 10.1 Å². The molecule has 4 nitrogen and oxygen atoms in total. The first-order valence-electron chi connectivity index (χ1n) is 6.68. The van der Waals surface area contributed by atoms with Crippen LogP contribution in [0.4, 0.5) is 0 Å². The van der Waals surface area contributed by atoms with Crippen LogP contribution in [0.25, 0.3) is 0 Å². The number of aromatic nitrogens is 2. The van der Waals surface area contributed by atoms with Crippen LogP contribution in [0.15, 0.2) is 12.4 Å². The van der Waals surface area contributed by atoms with Crippen LogP contribution >= 0.6 is 0 Å². The molecule has 2 rings (SSSR count). The standard InChI is InChI=1S/C14H23N3O/c1-14(2,3)17-10-11-8-15-13(16-9-11)12-4-6-18-7-5-12/h8-9,12,17H,4-7,10H2,1-3H3. The van der Waals surface area contributed by atoms with Crippen LogP contribution < -0.4 is 5.32 Å². The molecule has 1 aromatic rings. The second-order valence-electron chi connectivity index (χ2n) is 5.94. The van der Waals surface area contributed by atoms with Crippen LogP contribution in [0.1, 0.15) is 50.9 Å². The topological polar surface area (TPSA) is 47.0 Å². The van der Waals surface area contributed by atoms with E-state index in [9.17, 15) is 0 Å². The maximum Gasteiger partial charge on any atom is 0.131 e. The van der Waals surface area contributed by atoms with Gasteiger partial charge in [-0.3, -0.25) is 0 Å². The molecule has 0 aliphatic carbocycles. The Morgan fingerprint density at radius 2 is 1.83 bits per heavy atom. The molecule has 0 radical (unpaired) electrons. The van der Waals surface area contributed by atoms with Crippen LogP contribution in [-0.4, -0.2) is 28.7 Å². The molecule has 0 saturated carbocycles. The van der Waals surface area contributed by atoms with Gasteiger partial charge in [-0.2, -0.15) is 0 Å². The molecule has 1 saturated heterocycles. The van der Waals surface area contributed by atoms with E-state index in [0.29, 0.717) is 5.92 Å². The first-order valence-corrected chi connectivity index (χ1v) is 6.68. The van der Waals surface area contributed by atoms with Gasteiger partial charge in [-0.15, -0.1) is 0 Å². The third kappa shape index (κ3) is 4.03. The highest BCUT2D eigenvalue weighted by atomic mass is 16.5. The highest BCUT2D eigenvalue weighted by molar-refractivity contribution is 5.08. The quantitative estimate of drug-likeness (QED) is 0.892. The Morgan fingerprint density at radius 3 is 2.39 bits per heavy atom. The van der Waals surface area contributed by atoms with Gasteiger partial charge in [0.05, 0.1) is 0 Å². The summed E-state index contributed by atoms with van der Waals surface area (Å²) in [5, 5.41) is 3.44. The van der Waals surface area contributed by atoms with Crippen molar-refractivity contribution in [1.82, 2.24) is 15.3 Å². The van der Waals surface area contributed by atoms with Crippen LogP contribution in [0, 0.1) is 0 Å². The molecule has 1 aliphatic rings. The van der Waals surface area contributed by atoms with E-state index < -0.39 is 0 Å². The summed E-state index contributed by atoms with van der Waals surface area (Å²) in [7, 11) is 0. The highest BCUT2D eigenvalue weighted by Crippen LogP contribution is 2.23. The van der Waals surface area contributed by atoms with Gasteiger partial charge in [0.15, 0.2) is 0 Å². The number of rotatable bonds is 3. The molecule has 1 aliphatic heterocycles. The van der Waals surface area contributed by atoms with Gasteiger partial charge in [0.25, 0.3) is 0 Å². The summed E-state index contributed by atoms with van der Waals surface area (Å²) >= 11 is 0. The van der Waals surface area contributed by atoms with E-state index in [0.717, 1.165) is 44.0 Å². The summed E-state index contributed by atoms with van der Waals surface area (Å²) in [5.74, 6) is 1.45. The number of hydrogen-bond acceptors (Lipinski definition) is 4. The summed E-state index contributed by atoms with van der Waals surface area (Å²) in [6, 6.07) is 0. The van der Waals surface area contributed by atoms with Gasteiger partial charge in [0.1, 0.15) is 5.82 Å². The fourth-order valence-corrected chi connectivity index (χ4v) is 1.99. The van der Waals surface area contributed by atoms with Gasteiger partial charge in [-0.05, 0) is 33.6 Å². The van der Waals surface area contributed by atoms with Crippen molar-refractivity contribution in [3.63, 3.8) is 0 Å². The van der Waals surface area contributed by atoms with Crippen molar-refractivity contribution in [2.45, 2.75) is 51.6 Å². The van der Waals surface area contributed by atoms with Crippen molar-refractivity contribution in [2.75, 3.05) is 13.2 Å². The number of ether oxygens (including phenoxy) is 1. The van der Waals surface area contributed by atoms with E-state index in [1.165, 1.54) is 0 Å². The minimum absolute atomic E-state index is 0.124. The van der Waals surface area contributed by atoms with E-state index >= 15 is 0 Å². The molecule has 2 heterocycles. The Kier molecular flexibility index (Phi) is 4.30. The lowest BCUT2D eigenvalue weighted by atomic mass is 9.99. The Morgan fingerprint density at radius 1 is 1.22 bits per heavy atom. The molecule has 0 amide bonds. The highest BCUT2D eigenvalue weighted by Gasteiger charge is 2.18. The van der Waals surface area contributed by atoms with Crippen LogP contribution in [0.5, 0.6) is 0 Å². The minimum Gasteiger partial charge on any atom is -0.381 e. The van der Waals surface area contributed by atoms with E-state index in [1.54, 1.807) is 0 Å². The molecule has 0 bridgehead atoms. The Balaban J connectivity index is 1.92. The molecular weight excluding hydrogens is 226 g/mol. The van der Waals surface area contributed by atoms with Gasteiger partial charge in [0.2, 0.25) is 0 Å². The number of hydrogen-bond donors (Lipinski definition) is 1. The normalized spacial score (nSPS) is 17.9. The molecule has 0 spiro atoms. The predicted octanol–water partition coefficient (Wildman–Crippen LogP) is 2.26. The fraction of sp³-hybridized carbons (Fsp3) is 0.714. The van der Waals surface area contributed by atoms with Crippen molar-refractivity contribution in [3.05, 3.63) is 23.8 Å². The van der Waals surface area contributed by atoms with Gasteiger partial charge >= 0.3 is 0 Å². The lowest BCUT2D eigenvalue weighted by molar-refractivity contribution is 0.0835. The molecular formula is C14H23N3O. The smallest absolute Gasteiger partial charge is 0.131 e. The van der Waals surface area contributed by atoms with Crippen molar-refractivity contribution >= 4 is 0 Å². The molecule has 18 heavy (non-hydrogen) atoms. The third-order valence-corrected chi connectivity index (χ3v) is 3.13. The number of nitrogens with zero attached hydrogens (tertiary/aromatic N) is 2. The maximum atomic E-state index is 5.36. The Bertz CT molecular complexity index is 364. The maximum absolute atomic E-state index is 5.36. The molecule has 100 valence electrons. The molecule has 1 N–H and O–H groups in total. The monoisotopic (exact) mass is 249 g/mol. The molecule has 0 atom stereocenters. The van der Waals surface area contributed by atoms with E-state index in [2.05, 4.69) is 36.1 Å². The van der Waals surface area contributed by atoms with Gasteiger partial charge in [0, 0.05) is 49.2 Å². The van der Waals surface area contributed by atoms with E-state index in [4.69, 9.17) is 4.74 Å². The zero-order valence-electron chi connectivity index (χ0n) is 11.6. The largest absolute Gasteiger partial charge is 0.381 e. The van der Waals surface area contributed by atoms with E-state index in [1.807, 2.05) is 12.4 Å². The van der Waals surface area contributed by atoms with Gasteiger partial charge in [-0.1, -0.05) is 0 Å². The predicted molar refractivity (Wildman–Crippen MR) is 71.4 cm³/mol. The molecule has 1 fully saturated rings. The van der Waals surface area contributed by atoms with Crippen LogP contribution in [0.2, 0.25) is 0 Å². The van der Waals surface area contributed by atoms with Crippen molar-refractivity contribution < 1.29 is 4.74 Å². The third-order valence-electron chi connectivity index (χ3n) is 3.13. The molecule has 4 heteroatoms. The first kappa shape index (κ1) is 13.4. The lowest BCUT2D eigenvalue weighted by Crippen LogP contribution is -2.35. The lowest BCUT2D eigenvalue weighted by Gasteiger charge is -2.22. The van der Waals surface area contributed by atoms with Crippen LogP contribution in [-0.2, 0) is 11.3 Å². The Labute approximate surface area is 109 Å². The van der Waals surface area contributed by atoms with Crippen molar-refractivity contribution in [2.24, 2.45) is 0 Å². The molecule has 1 aromatic heterocycles. The van der Waals surface area contributed by atoms with Crippen LogP contribution in [0.3, 0.4) is 0 Å². The number of nitrogens with one attached hydrogen (secondary N) is 1. The summed E-state index contributed by atoms with van der Waals surface area (Å²) in [4.78, 5) is 8.99. The summed E-state index contributed by atoms with van der Waals surface area (Å²) < 4.78 is 5.36. The van der Waals surface area contributed by atoms with Crippen molar-refractivity contribution in [1.29, 1.82) is 0 Å². The zero-order valence-corrected chi connectivity index (χ0v) is 11.6. The van der Waals surface area contributed by atoms with Crippen molar-refractivity contribution in [3.8, 4) is 0 Å². The minimum atomic E-state index is 0.124. The van der Waals surface area contributed by atoms with E-state index in [-0.39, 0.29) is 5.54 Å². The van der Waals surface area contributed by atoms with Gasteiger partial charge in [-0.25, -0.2) is 9.97 Å². The summed E-state index contributed by atoms with van der Waals surface area (Å²) in [6.07, 6.45) is 5.96. The zero-order chi connectivity index (χ0) is 13.0. The fourth-order valence-electron chi connectivity index (χ4n) is 1.99. The molecule has 0 unspecified atom stereocenters. The second kappa shape index (κ2) is 5.76. The summed E-state index contributed by atoms with van der Waals surface area (Å²) in [5.41, 5.74) is 1.26.